The lowest BCUT2D eigenvalue weighted by Crippen LogP contribution is -2.34. The maximum absolute atomic E-state index is 4.85. The minimum absolute atomic E-state index is 0.932. The Labute approximate surface area is 130 Å². The summed E-state index contributed by atoms with van der Waals surface area (Å²) in [4.78, 5) is 7.34. The fourth-order valence-corrected chi connectivity index (χ4v) is 3.21. The van der Waals surface area contributed by atoms with Crippen molar-refractivity contribution in [3.8, 4) is 0 Å². The standard InChI is InChI=1S/C18H31N3/c1-4-7-15-8-10-21(11-9-15)18-13-16(14-19-6-3)12-17(5-2)20-18/h12-13,15,19H,4-11,14H2,1-3H3. The zero-order valence-electron chi connectivity index (χ0n) is 14.0. The van der Waals surface area contributed by atoms with E-state index in [0.717, 1.165) is 25.4 Å². The molecule has 21 heavy (non-hydrogen) atoms. The predicted octanol–water partition coefficient (Wildman–Crippen LogP) is 3.77. The largest absolute Gasteiger partial charge is 0.357 e. The summed E-state index contributed by atoms with van der Waals surface area (Å²) < 4.78 is 0. The molecule has 0 unspecified atom stereocenters. The third kappa shape index (κ3) is 4.70. The number of piperidine rings is 1. The van der Waals surface area contributed by atoms with Gasteiger partial charge in [0.05, 0.1) is 0 Å². The van der Waals surface area contributed by atoms with Crippen molar-refractivity contribution in [1.29, 1.82) is 0 Å². The van der Waals surface area contributed by atoms with Gasteiger partial charge in [0.15, 0.2) is 0 Å². The molecule has 1 aliphatic rings. The minimum atomic E-state index is 0.932. The van der Waals surface area contributed by atoms with E-state index in [2.05, 4.69) is 43.1 Å². The number of nitrogens with one attached hydrogen (secondary N) is 1. The molecule has 0 saturated carbocycles. The summed E-state index contributed by atoms with van der Waals surface area (Å²) in [6, 6.07) is 4.53. The van der Waals surface area contributed by atoms with Crippen LogP contribution in [-0.4, -0.2) is 24.6 Å². The van der Waals surface area contributed by atoms with Gasteiger partial charge in [0, 0.05) is 25.3 Å². The molecule has 2 heterocycles. The Kier molecular flexibility index (Phi) is 6.50. The van der Waals surface area contributed by atoms with Gasteiger partial charge in [-0.25, -0.2) is 4.98 Å². The summed E-state index contributed by atoms with van der Waals surface area (Å²) in [5, 5.41) is 3.42. The molecule has 1 saturated heterocycles. The molecule has 1 fully saturated rings. The van der Waals surface area contributed by atoms with Crippen molar-refractivity contribution in [3.05, 3.63) is 23.4 Å². The summed E-state index contributed by atoms with van der Waals surface area (Å²) in [7, 11) is 0. The lowest BCUT2D eigenvalue weighted by molar-refractivity contribution is 0.377. The Morgan fingerprint density at radius 3 is 2.57 bits per heavy atom. The van der Waals surface area contributed by atoms with E-state index in [1.165, 1.54) is 55.8 Å². The van der Waals surface area contributed by atoms with E-state index < -0.39 is 0 Å². The van der Waals surface area contributed by atoms with Crippen LogP contribution < -0.4 is 10.2 Å². The van der Waals surface area contributed by atoms with Gasteiger partial charge in [-0.2, -0.15) is 0 Å². The van der Waals surface area contributed by atoms with Crippen molar-refractivity contribution in [3.63, 3.8) is 0 Å². The van der Waals surface area contributed by atoms with E-state index in [-0.39, 0.29) is 0 Å². The topological polar surface area (TPSA) is 28.2 Å². The van der Waals surface area contributed by atoms with Crippen molar-refractivity contribution in [2.24, 2.45) is 5.92 Å². The van der Waals surface area contributed by atoms with Gasteiger partial charge in [-0.1, -0.05) is 33.6 Å². The summed E-state index contributed by atoms with van der Waals surface area (Å²) in [5.41, 5.74) is 2.59. The maximum atomic E-state index is 4.85. The van der Waals surface area contributed by atoms with Gasteiger partial charge in [0.25, 0.3) is 0 Å². The molecule has 0 radical (unpaired) electrons. The smallest absolute Gasteiger partial charge is 0.129 e. The number of rotatable bonds is 7. The van der Waals surface area contributed by atoms with Gasteiger partial charge in [-0.3, -0.25) is 0 Å². The molecule has 1 aromatic rings. The van der Waals surface area contributed by atoms with Crippen LogP contribution in [0.2, 0.25) is 0 Å². The summed E-state index contributed by atoms with van der Waals surface area (Å²) in [5.74, 6) is 2.12. The SMILES string of the molecule is CCCC1CCN(c2cc(CNCC)cc(CC)n2)CC1. The molecule has 118 valence electrons. The third-order valence-electron chi connectivity index (χ3n) is 4.50. The minimum Gasteiger partial charge on any atom is -0.357 e. The number of aryl methyl sites for hydroxylation is 1. The van der Waals surface area contributed by atoms with Crippen molar-refractivity contribution in [2.45, 2.75) is 59.4 Å². The van der Waals surface area contributed by atoms with Crippen LogP contribution in [0, 0.1) is 5.92 Å². The Morgan fingerprint density at radius 2 is 1.95 bits per heavy atom. The fraction of sp³-hybridized carbons (Fsp3) is 0.722. The molecular formula is C18H31N3. The summed E-state index contributed by atoms with van der Waals surface area (Å²) in [6.07, 6.45) is 6.38. The quantitative estimate of drug-likeness (QED) is 0.828. The lowest BCUT2D eigenvalue weighted by atomic mass is 9.92. The van der Waals surface area contributed by atoms with Gasteiger partial charge in [0.1, 0.15) is 5.82 Å². The fourth-order valence-electron chi connectivity index (χ4n) is 3.21. The molecule has 3 nitrogen and oxygen atoms in total. The van der Waals surface area contributed by atoms with Crippen LogP contribution >= 0.6 is 0 Å². The predicted molar refractivity (Wildman–Crippen MR) is 90.8 cm³/mol. The zero-order chi connectivity index (χ0) is 15.1. The van der Waals surface area contributed by atoms with Crippen LogP contribution in [0.4, 0.5) is 5.82 Å². The van der Waals surface area contributed by atoms with E-state index in [1.54, 1.807) is 0 Å². The molecule has 1 aliphatic heterocycles. The average molecular weight is 289 g/mol. The van der Waals surface area contributed by atoms with Crippen LogP contribution in [0.15, 0.2) is 12.1 Å². The zero-order valence-corrected chi connectivity index (χ0v) is 14.0. The molecule has 0 bridgehead atoms. The van der Waals surface area contributed by atoms with Crippen LogP contribution in [0.3, 0.4) is 0 Å². The van der Waals surface area contributed by atoms with E-state index in [0.29, 0.717) is 0 Å². The molecule has 1 aromatic heterocycles. The second-order valence-electron chi connectivity index (χ2n) is 6.18. The van der Waals surface area contributed by atoms with Crippen molar-refractivity contribution < 1.29 is 0 Å². The van der Waals surface area contributed by atoms with Crippen LogP contribution in [0.25, 0.3) is 0 Å². The van der Waals surface area contributed by atoms with Crippen molar-refractivity contribution >= 4 is 5.82 Å². The van der Waals surface area contributed by atoms with Gasteiger partial charge in [-0.05, 0) is 49.4 Å². The van der Waals surface area contributed by atoms with Crippen molar-refractivity contribution in [2.75, 3.05) is 24.5 Å². The molecule has 2 rings (SSSR count). The summed E-state index contributed by atoms with van der Waals surface area (Å²) in [6.45, 7) is 11.0. The average Bonchev–Trinajstić information content (AvgIpc) is 2.53. The first-order valence-corrected chi connectivity index (χ1v) is 8.72. The first-order chi connectivity index (χ1) is 10.3. The Hall–Kier alpha value is -1.09. The number of pyridine rings is 1. The number of hydrogen-bond donors (Lipinski definition) is 1. The third-order valence-corrected chi connectivity index (χ3v) is 4.50. The first-order valence-electron chi connectivity index (χ1n) is 8.72. The first kappa shape index (κ1) is 16.3. The second kappa shape index (κ2) is 8.38. The Bertz CT molecular complexity index is 422. The van der Waals surface area contributed by atoms with E-state index in [4.69, 9.17) is 4.98 Å². The molecule has 0 atom stereocenters. The lowest BCUT2D eigenvalue weighted by Gasteiger charge is -2.33. The maximum Gasteiger partial charge on any atom is 0.129 e. The van der Waals surface area contributed by atoms with Crippen LogP contribution in [0.5, 0.6) is 0 Å². The van der Waals surface area contributed by atoms with Gasteiger partial charge in [-0.15, -0.1) is 0 Å². The van der Waals surface area contributed by atoms with Gasteiger partial charge in [0.2, 0.25) is 0 Å². The van der Waals surface area contributed by atoms with Crippen LogP contribution in [0.1, 0.15) is 57.7 Å². The van der Waals surface area contributed by atoms with E-state index in [9.17, 15) is 0 Å². The molecule has 0 spiro atoms. The molecular weight excluding hydrogens is 258 g/mol. The highest BCUT2D eigenvalue weighted by Gasteiger charge is 2.20. The monoisotopic (exact) mass is 289 g/mol. The molecule has 3 heteroatoms. The highest BCUT2D eigenvalue weighted by Crippen LogP contribution is 2.25. The molecule has 0 amide bonds. The van der Waals surface area contributed by atoms with Crippen molar-refractivity contribution in [1.82, 2.24) is 10.3 Å². The highest BCUT2D eigenvalue weighted by molar-refractivity contribution is 5.43. The van der Waals surface area contributed by atoms with E-state index in [1.807, 2.05) is 0 Å². The summed E-state index contributed by atoms with van der Waals surface area (Å²) >= 11 is 0. The van der Waals surface area contributed by atoms with Gasteiger partial charge >= 0.3 is 0 Å². The molecule has 1 N–H and O–H groups in total. The van der Waals surface area contributed by atoms with Gasteiger partial charge < -0.3 is 10.2 Å². The number of nitrogens with zero attached hydrogens (tertiary/aromatic N) is 2. The Morgan fingerprint density at radius 1 is 1.19 bits per heavy atom. The van der Waals surface area contributed by atoms with E-state index >= 15 is 0 Å². The number of hydrogen-bond acceptors (Lipinski definition) is 3. The normalized spacial score (nSPS) is 16.4. The number of aromatic nitrogens is 1. The van der Waals surface area contributed by atoms with Crippen LogP contribution in [-0.2, 0) is 13.0 Å². The Balaban J connectivity index is 2.04. The molecule has 0 aromatic carbocycles. The molecule has 0 aliphatic carbocycles. The number of anilines is 1. The highest BCUT2D eigenvalue weighted by atomic mass is 15.2. The second-order valence-corrected chi connectivity index (χ2v) is 6.18.